The summed E-state index contributed by atoms with van der Waals surface area (Å²) in [6, 6.07) is 19.4. The van der Waals surface area contributed by atoms with Crippen molar-refractivity contribution >= 4 is 11.7 Å². The highest BCUT2D eigenvalue weighted by Crippen LogP contribution is 2.41. The van der Waals surface area contributed by atoms with E-state index in [2.05, 4.69) is 0 Å². The molecule has 172 valence electrons. The summed E-state index contributed by atoms with van der Waals surface area (Å²) in [4.78, 5) is 23.7. The number of esters is 1. The first kappa shape index (κ1) is 23.9. The van der Waals surface area contributed by atoms with E-state index in [1.807, 2.05) is 31.2 Å². The smallest absolute Gasteiger partial charge is 0.346 e. The lowest BCUT2D eigenvalue weighted by Gasteiger charge is -2.36. The van der Waals surface area contributed by atoms with Gasteiger partial charge in [-0.05, 0) is 47.9 Å². The van der Waals surface area contributed by atoms with E-state index in [0.717, 1.165) is 11.1 Å². The van der Waals surface area contributed by atoms with Crippen molar-refractivity contribution in [3.05, 3.63) is 105 Å². The predicted octanol–water partition coefficient (Wildman–Crippen LogP) is 4.23. The molecule has 0 spiro atoms. The Morgan fingerprint density at radius 3 is 2.12 bits per heavy atom. The highest BCUT2D eigenvalue weighted by Gasteiger charge is 2.50. The second-order valence-corrected chi connectivity index (χ2v) is 7.48. The molecule has 0 radical (unpaired) electrons. The number of methoxy groups -OCH3 is 2. The van der Waals surface area contributed by atoms with Gasteiger partial charge in [-0.25, -0.2) is 4.79 Å². The van der Waals surface area contributed by atoms with E-state index < -0.39 is 22.6 Å². The fraction of sp³-hybridized carbons (Fsp3) is 0.240. The number of aryl methyl sites for hydroxylation is 1. The summed E-state index contributed by atoms with van der Waals surface area (Å²) in [6.07, 6.45) is -1.52. The van der Waals surface area contributed by atoms with E-state index in [0.29, 0.717) is 11.3 Å². The molecule has 3 rings (SSSR count). The van der Waals surface area contributed by atoms with E-state index >= 15 is 0 Å². The number of carbonyl (C=O) groups excluding carboxylic acids is 1. The van der Waals surface area contributed by atoms with Gasteiger partial charge in [0.15, 0.2) is 0 Å². The van der Waals surface area contributed by atoms with Crippen molar-refractivity contribution < 1.29 is 29.0 Å². The van der Waals surface area contributed by atoms with E-state index in [1.54, 1.807) is 24.3 Å². The average molecular weight is 451 g/mol. The van der Waals surface area contributed by atoms with E-state index in [1.165, 1.54) is 38.5 Å². The highest BCUT2D eigenvalue weighted by molar-refractivity contribution is 5.82. The monoisotopic (exact) mass is 451 g/mol. The number of rotatable bonds is 9. The first-order valence-electron chi connectivity index (χ1n) is 10.2. The van der Waals surface area contributed by atoms with Gasteiger partial charge in [-0.15, -0.1) is 0 Å². The molecular weight excluding hydrogens is 426 g/mol. The Balaban J connectivity index is 2.10. The number of non-ortho nitro benzene ring substituents is 1. The molecule has 0 bridgehead atoms. The Bertz CT molecular complexity index is 1100. The molecule has 0 fully saturated rings. The van der Waals surface area contributed by atoms with Gasteiger partial charge in [0.1, 0.15) is 11.9 Å². The third kappa shape index (κ3) is 5.02. The minimum Gasteiger partial charge on any atom is -0.497 e. The van der Waals surface area contributed by atoms with Crippen molar-refractivity contribution in [2.75, 3.05) is 14.2 Å². The highest BCUT2D eigenvalue weighted by atomic mass is 16.6. The number of aliphatic hydroxyl groups excluding tert-OH is 1. The third-order valence-corrected chi connectivity index (χ3v) is 5.40. The summed E-state index contributed by atoms with van der Waals surface area (Å²) < 4.78 is 16.4. The molecular formula is C25H25NO7. The van der Waals surface area contributed by atoms with Crippen LogP contribution in [-0.4, -0.2) is 30.2 Å². The van der Waals surface area contributed by atoms with Crippen LogP contribution < -0.4 is 4.74 Å². The second-order valence-electron chi connectivity index (χ2n) is 7.48. The summed E-state index contributed by atoms with van der Waals surface area (Å²) in [6.45, 7) is 1.96. The largest absolute Gasteiger partial charge is 0.497 e. The van der Waals surface area contributed by atoms with E-state index in [4.69, 9.17) is 14.2 Å². The van der Waals surface area contributed by atoms with Crippen molar-refractivity contribution in [2.24, 2.45) is 0 Å². The van der Waals surface area contributed by atoms with Gasteiger partial charge in [0.2, 0.25) is 5.60 Å². The molecule has 0 aliphatic heterocycles. The van der Waals surface area contributed by atoms with Crippen LogP contribution in [0.15, 0.2) is 72.8 Å². The summed E-state index contributed by atoms with van der Waals surface area (Å²) in [5.74, 6) is -0.258. The maximum absolute atomic E-state index is 13.2. The Morgan fingerprint density at radius 2 is 1.61 bits per heavy atom. The molecule has 0 unspecified atom stereocenters. The van der Waals surface area contributed by atoms with Crippen LogP contribution in [0.5, 0.6) is 5.75 Å². The minimum atomic E-state index is -1.94. The fourth-order valence-electron chi connectivity index (χ4n) is 3.49. The molecule has 3 aromatic carbocycles. The zero-order valence-corrected chi connectivity index (χ0v) is 18.6. The fourth-order valence-corrected chi connectivity index (χ4v) is 3.49. The molecule has 0 aliphatic carbocycles. The first-order valence-corrected chi connectivity index (χ1v) is 10.2. The van der Waals surface area contributed by atoms with Gasteiger partial charge in [-0.3, -0.25) is 10.1 Å². The number of nitrogens with zero attached hydrogens (tertiary/aromatic N) is 1. The number of hydrogen-bond donors (Lipinski definition) is 1. The first-order chi connectivity index (χ1) is 15.8. The van der Waals surface area contributed by atoms with E-state index in [-0.39, 0.29) is 17.9 Å². The van der Waals surface area contributed by atoms with Crippen LogP contribution in [0.3, 0.4) is 0 Å². The van der Waals surface area contributed by atoms with Crippen LogP contribution in [0.1, 0.15) is 28.4 Å². The van der Waals surface area contributed by atoms with Gasteiger partial charge in [0.25, 0.3) is 5.69 Å². The van der Waals surface area contributed by atoms with Crippen LogP contribution in [0.25, 0.3) is 0 Å². The molecule has 3 aromatic rings. The van der Waals surface area contributed by atoms with Crippen molar-refractivity contribution in [1.82, 2.24) is 0 Å². The number of ether oxygens (including phenoxy) is 3. The third-order valence-electron chi connectivity index (χ3n) is 5.40. The zero-order valence-electron chi connectivity index (χ0n) is 18.6. The Labute approximate surface area is 191 Å². The van der Waals surface area contributed by atoms with Crippen LogP contribution in [0, 0.1) is 17.0 Å². The SMILES string of the molecule is COC(=O)[C@](OCc1ccc(C)cc1)(c1ccc(OC)cc1)[C@@H](O)c1ccc([N+](=O)[O-])cc1. The zero-order chi connectivity index (χ0) is 24.0. The van der Waals surface area contributed by atoms with Gasteiger partial charge in [-0.1, -0.05) is 42.0 Å². The minimum absolute atomic E-state index is 0.00541. The van der Waals surface area contributed by atoms with Gasteiger partial charge in [0.05, 0.1) is 25.7 Å². The molecule has 2 atom stereocenters. The Kier molecular flexibility index (Phi) is 7.42. The second kappa shape index (κ2) is 10.2. The van der Waals surface area contributed by atoms with E-state index in [9.17, 15) is 20.0 Å². The Hall–Kier alpha value is -3.75. The molecule has 1 N–H and O–H groups in total. The normalized spacial score (nSPS) is 13.6. The molecule has 0 saturated carbocycles. The van der Waals surface area contributed by atoms with Crippen LogP contribution in [0.4, 0.5) is 5.69 Å². The van der Waals surface area contributed by atoms with Gasteiger partial charge in [-0.2, -0.15) is 0 Å². The predicted molar refractivity (Wildman–Crippen MR) is 121 cm³/mol. The van der Waals surface area contributed by atoms with Gasteiger partial charge in [0, 0.05) is 12.1 Å². The molecule has 8 heteroatoms. The van der Waals surface area contributed by atoms with Gasteiger partial charge < -0.3 is 19.3 Å². The number of carbonyl (C=O) groups is 1. The molecule has 33 heavy (non-hydrogen) atoms. The van der Waals surface area contributed by atoms with Gasteiger partial charge >= 0.3 is 5.97 Å². The lowest BCUT2D eigenvalue weighted by molar-refractivity contribution is -0.384. The summed E-state index contributed by atoms with van der Waals surface area (Å²) >= 11 is 0. The molecule has 0 heterocycles. The molecule has 8 nitrogen and oxygen atoms in total. The lowest BCUT2D eigenvalue weighted by atomic mass is 9.83. The maximum Gasteiger partial charge on any atom is 0.346 e. The summed E-state index contributed by atoms with van der Waals surface area (Å²) in [5, 5.41) is 22.5. The number of nitro groups is 1. The summed E-state index contributed by atoms with van der Waals surface area (Å²) in [5.41, 5.74) is 0.373. The van der Waals surface area contributed by atoms with Crippen LogP contribution in [0.2, 0.25) is 0 Å². The molecule has 0 saturated heterocycles. The molecule has 0 aliphatic rings. The van der Waals surface area contributed by atoms with Crippen LogP contribution in [-0.2, 0) is 26.5 Å². The summed E-state index contributed by atoms with van der Waals surface area (Å²) in [7, 11) is 2.72. The molecule has 0 aromatic heterocycles. The standard InChI is InChI=1S/C25H25NO7/c1-17-4-6-18(7-5-17)16-33-25(24(28)32-3,20-10-14-22(31-2)15-11-20)23(27)19-8-12-21(13-9-19)26(29)30/h4-15,23,27H,16H2,1-3H3/t23-,25-/m0/s1. The number of aliphatic hydroxyl groups is 1. The quantitative estimate of drug-likeness (QED) is 0.295. The lowest BCUT2D eigenvalue weighted by Crippen LogP contribution is -2.45. The van der Waals surface area contributed by atoms with Crippen molar-refractivity contribution in [3.8, 4) is 5.75 Å². The van der Waals surface area contributed by atoms with Crippen molar-refractivity contribution in [3.63, 3.8) is 0 Å². The topological polar surface area (TPSA) is 108 Å². The van der Waals surface area contributed by atoms with Crippen molar-refractivity contribution in [1.29, 1.82) is 0 Å². The molecule has 0 amide bonds. The van der Waals surface area contributed by atoms with Crippen molar-refractivity contribution in [2.45, 2.75) is 25.2 Å². The van der Waals surface area contributed by atoms with Crippen LogP contribution >= 0.6 is 0 Å². The number of nitro benzene ring substituents is 1. The number of hydrogen-bond acceptors (Lipinski definition) is 7. The Morgan fingerprint density at radius 1 is 1.00 bits per heavy atom. The maximum atomic E-state index is 13.2. The average Bonchev–Trinajstić information content (AvgIpc) is 2.85. The number of benzene rings is 3.